The Balaban J connectivity index is -0.00000288. The number of rotatable bonds is 21. The first-order chi connectivity index (χ1) is 12.3. The summed E-state index contributed by atoms with van der Waals surface area (Å²) in [7, 11) is 0. The van der Waals surface area contributed by atoms with E-state index in [9.17, 15) is 9.00 Å². The minimum atomic E-state index is -1.77. The maximum Gasteiger partial charge on any atom is 1.00 e. The number of unbranched alkanes of at least 4 members (excludes halogenated alkanes) is 15. The molecule has 0 aromatic rings. The van der Waals surface area contributed by atoms with Crippen LogP contribution in [0.15, 0.2) is 0 Å². The van der Waals surface area contributed by atoms with Gasteiger partial charge in [0.1, 0.15) is 12.9 Å². The van der Waals surface area contributed by atoms with E-state index in [1.807, 2.05) is 0 Å². The van der Waals surface area contributed by atoms with Crippen LogP contribution < -0.4 is 29.6 Å². The second-order valence-corrected chi connectivity index (χ2v) is 7.66. The summed E-state index contributed by atoms with van der Waals surface area (Å²) in [5, 5.41) is 0. The standard InChI is InChI=1S/C20H40O4S.Na.H/c1-2-3-4-5-6-7-8-9-10-11-12-13-14-15-16-17-19-23-25(22)24-20-18-21;;/h18H,2-17,19-20H2,1H3;;/q;+1;-1. The summed E-state index contributed by atoms with van der Waals surface area (Å²) in [4.78, 5) is 10.0. The number of hydrogen-bond acceptors (Lipinski definition) is 4. The average Bonchev–Trinajstić information content (AvgIpc) is 2.62. The van der Waals surface area contributed by atoms with Gasteiger partial charge in [0.05, 0.1) is 6.61 Å². The molecule has 0 N–H and O–H groups in total. The quantitative estimate of drug-likeness (QED) is 0.169. The molecule has 0 aromatic carbocycles. The molecule has 152 valence electrons. The second kappa shape index (κ2) is 25.7. The predicted octanol–water partition coefficient (Wildman–Crippen LogP) is 3.18. The van der Waals surface area contributed by atoms with Gasteiger partial charge >= 0.3 is 40.9 Å². The Morgan fingerprint density at radius 3 is 1.46 bits per heavy atom. The fraction of sp³-hybridized carbons (Fsp3) is 0.950. The summed E-state index contributed by atoms with van der Waals surface area (Å²) in [6.45, 7) is 2.53. The van der Waals surface area contributed by atoms with Crippen molar-refractivity contribution in [3.05, 3.63) is 0 Å². The van der Waals surface area contributed by atoms with Crippen molar-refractivity contribution in [2.45, 2.75) is 110 Å². The van der Waals surface area contributed by atoms with E-state index in [1.54, 1.807) is 0 Å². The first-order valence-corrected chi connectivity index (χ1v) is 11.4. The van der Waals surface area contributed by atoms with E-state index >= 15 is 0 Å². The van der Waals surface area contributed by atoms with Gasteiger partial charge < -0.3 is 6.22 Å². The van der Waals surface area contributed by atoms with Gasteiger partial charge in [0.15, 0.2) is 0 Å². The molecule has 0 bridgehead atoms. The van der Waals surface area contributed by atoms with Gasteiger partial charge in [0.25, 0.3) is 0 Å². The van der Waals surface area contributed by atoms with Gasteiger partial charge in [-0.2, -0.15) is 4.21 Å². The van der Waals surface area contributed by atoms with Crippen LogP contribution in [0.25, 0.3) is 0 Å². The Kier molecular flexibility index (Phi) is 28.7. The zero-order valence-corrected chi connectivity index (χ0v) is 20.2. The second-order valence-electron chi connectivity index (χ2n) is 6.78. The number of carbonyl (C=O) groups is 1. The Morgan fingerprint density at radius 2 is 1.08 bits per heavy atom. The molecular weight excluding hydrogens is 359 g/mol. The van der Waals surface area contributed by atoms with Gasteiger partial charge in [0, 0.05) is 0 Å². The van der Waals surface area contributed by atoms with Crippen LogP contribution in [0.2, 0.25) is 0 Å². The Labute approximate surface area is 188 Å². The number of carbonyl (C=O) groups excluding carboxylic acids is 1. The smallest absolute Gasteiger partial charge is 1.00 e. The fourth-order valence-corrected chi connectivity index (χ4v) is 3.38. The van der Waals surface area contributed by atoms with Crippen molar-refractivity contribution in [1.82, 2.24) is 0 Å². The molecule has 0 spiro atoms. The molecule has 0 aliphatic heterocycles. The summed E-state index contributed by atoms with van der Waals surface area (Å²) in [5.74, 6) is 0. The van der Waals surface area contributed by atoms with Gasteiger partial charge in [-0.15, -0.1) is 0 Å². The van der Waals surface area contributed by atoms with Crippen LogP contribution in [0.4, 0.5) is 0 Å². The zero-order chi connectivity index (χ0) is 18.4. The molecule has 1 atom stereocenters. The molecule has 0 heterocycles. The van der Waals surface area contributed by atoms with E-state index in [4.69, 9.17) is 4.18 Å². The number of hydrogen-bond donors (Lipinski definition) is 0. The van der Waals surface area contributed by atoms with Crippen molar-refractivity contribution in [3.8, 4) is 0 Å². The molecule has 0 radical (unpaired) electrons. The molecule has 0 saturated carbocycles. The van der Waals surface area contributed by atoms with Gasteiger partial charge in [-0.1, -0.05) is 103 Å². The predicted molar refractivity (Wildman–Crippen MR) is 107 cm³/mol. The van der Waals surface area contributed by atoms with Gasteiger partial charge in [-0.05, 0) is 6.42 Å². The topological polar surface area (TPSA) is 52.6 Å². The van der Waals surface area contributed by atoms with Gasteiger partial charge in [-0.3, -0.25) is 8.37 Å². The number of aldehydes is 1. The first kappa shape index (κ1) is 28.9. The third-order valence-corrected chi connectivity index (χ3v) is 5.10. The average molecular weight is 401 g/mol. The molecule has 0 amide bonds. The van der Waals surface area contributed by atoms with Crippen molar-refractivity contribution in [2.75, 3.05) is 13.2 Å². The van der Waals surface area contributed by atoms with Gasteiger partial charge in [0.2, 0.25) is 0 Å². The van der Waals surface area contributed by atoms with Crippen LogP contribution in [-0.2, 0) is 24.5 Å². The van der Waals surface area contributed by atoms with Gasteiger partial charge in [-0.25, -0.2) is 0 Å². The third-order valence-electron chi connectivity index (χ3n) is 4.41. The largest absolute Gasteiger partial charge is 1.00 e. The third kappa shape index (κ3) is 24.7. The van der Waals surface area contributed by atoms with E-state index in [-0.39, 0.29) is 37.6 Å². The normalized spacial score (nSPS) is 11.9. The van der Waals surface area contributed by atoms with E-state index in [1.165, 1.54) is 89.9 Å². The molecule has 6 heteroatoms. The van der Waals surface area contributed by atoms with Crippen molar-refractivity contribution in [2.24, 2.45) is 0 Å². The molecule has 26 heavy (non-hydrogen) atoms. The van der Waals surface area contributed by atoms with Crippen molar-refractivity contribution in [3.63, 3.8) is 0 Å². The molecular formula is C20H41NaO4S. The molecule has 0 aliphatic carbocycles. The minimum absolute atomic E-state index is 0. The Bertz CT molecular complexity index is 310. The SMILES string of the molecule is CCCCCCCCCCCCCCCCCCOS(=O)OCC=O.[H-].[Na+]. The van der Waals surface area contributed by atoms with E-state index in [2.05, 4.69) is 11.1 Å². The van der Waals surface area contributed by atoms with Crippen LogP contribution in [-0.4, -0.2) is 23.7 Å². The summed E-state index contributed by atoms with van der Waals surface area (Å²) in [6.07, 6.45) is 21.8. The molecule has 1 unspecified atom stereocenters. The van der Waals surface area contributed by atoms with E-state index in [0.717, 1.165) is 12.8 Å². The zero-order valence-electron chi connectivity index (χ0n) is 18.3. The van der Waals surface area contributed by atoms with Crippen LogP contribution >= 0.6 is 0 Å². The minimum Gasteiger partial charge on any atom is -1.00 e. The summed E-state index contributed by atoms with van der Waals surface area (Å²) >= 11 is -1.77. The van der Waals surface area contributed by atoms with Crippen LogP contribution in [0, 0.1) is 0 Å². The summed E-state index contributed by atoms with van der Waals surface area (Å²) in [5.41, 5.74) is 0. The van der Waals surface area contributed by atoms with Crippen LogP contribution in [0.3, 0.4) is 0 Å². The Hall–Kier alpha value is 0.740. The molecule has 0 aromatic heterocycles. The maximum absolute atomic E-state index is 11.1. The molecule has 0 rings (SSSR count). The summed E-state index contributed by atoms with van der Waals surface area (Å²) in [6, 6.07) is 0. The first-order valence-electron chi connectivity index (χ1n) is 10.4. The summed E-state index contributed by atoms with van der Waals surface area (Å²) < 4.78 is 20.6. The molecule has 4 nitrogen and oxygen atoms in total. The Morgan fingerprint density at radius 1 is 0.692 bits per heavy atom. The van der Waals surface area contributed by atoms with Crippen LogP contribution in [0.1, 0.15) is 111 Å². The van der Waals surface area contributed by atoms with E-state index in [0.29, 0.717) is 12.9 Å². The van der Waals surface area contributed by atoms with Crippen molar-refractivity contribution >= 4 is 17.6 Å². The maximum atomic E-state index is 11.1. The fourth-order valence-electron chi connectivity index (χ4n) is 2.89. The monoisotopic (exact) mass is 400 g/mol. The van der Waals surface area contributed by atoms with Crippen LogP contribution in [0.5, 0.6) is 0 Å². The molecule has 0 saturated heterocycles. The van der Waals surface area contributed by atoms with Crippen molar-refractivity contribution in [1.29, 1.82) is 0 Å². The van der Waals surface area contributed by atoms with E-state index < -0.39 is 11.4 Å². The molecule has 0 fully saturated rings. The molecule has 0 aliphatic rings. The van der Waals surface area contributed by atoms with Crippen molar-refractivity contribution < 1.29 is 48.4 Å².